The molecule has 1 fully saturated rings. The van der Waals surface area contributed by atoms with E-state index in [4.69, 9.17) is 11.6 Å². The van der Waals surface area contributed by atoms with Gasteiger partial charge in [0, 0.05) is 20.9 Å². The molecule has 2 amide bonds. The van der Waals surface area contributed by atoms with Gasteiger partial charge in [-0.15, -0.1) is 0 Å². The predicted octanol–water partition coefficient (Wildman–Crippen LogP) is 6.31. The number of carbonyl (C=O) groups is 2. The molecule has 1 atom stereocenters. The van der Waals surface area contributed by atoms with Gasteiger partial charge in [0.15, 0.2) is 0 Å². The largest absolute Gasteiger partial charge is 0.321 e. The number of hydrogen-bond acceptors (Lipinski definition) is 4. The second-order valence-electron chi connectivity index (χ2n) is 7.34. The zero-order valence-electron chi connectivity index (χ0n) is 17.5. The summed E-state index contributed by atoms with van der Waals surface area (Å²) in [6, 6.07) is 21.4. The van der Waals surface area contributed by atoms with Gasteiger partial charge in [0.05, 0.1) is 5.25 Å². The van der Waals surface area contributed by atoms with Crippen LogP contribution in [-0.4, -0.2) is 17.1 Å². The minimum Gasteiger partial charge on any atom is -0.321 e. The topological polar surface area (TPSA) is 73.2 Å². The fourth-order valence-corrected chi connectivity index (χ4v) is 5.07. The highest BCUT2D eigenvalue weighted by molar-refractivity contribution is 9.10. The summed E-state index contributed by atoms with van der Waals surface area (Å²) < 4.78 is 14.2. The summed E-state index contributed by atoms with van der Waals surface area (Å²) in [7, 11) is 0. The van der Waals surface area contributed by atoms with E-state index in [0.29, 0.717) is 22.8 Å². The summed E-state index contributed by atoms with van der Waals surface area (Å²) >= 11 is 10.5. The highest BCUT2D eigenvalue weighted by atomic mass is 79.9. The Morgan fingerprint density at radius 1 is 1.09 bits per heavy atom. The SMILES string of the molecule is N#C/C(C(=O)Nc1ccc(Br)cc1)=C1/S[C@H](Cc2ccc(F)cc2)C(=O)N1c1ccc(Cl)cc1. The molecule has 9 heteroatoms. The van der Waals surface area contributed by atoms with Gasteiger partial charge in [0.2, 0.25) is 5.91 Å². The third kappa shape index (κ3) is 5.33. The number of amides is 2. The van der Waals surface area contributed by atoms with E-state index in [1.807, 2.05) is 6.07 Å². The van der Waals surface area contributed by atoms with Crippen LogP contribution in [0.5, 0.6) is 0 Å². The van der Waals surface area contributed by atoms with Crippen LogP contribution < -0.4 is 10.2 Å². The van der Waals surface area contributed by atoms with Gasteiger partial charge < -0.3 is 5.32 Å². The van der Waals surface area contributed by atoms with Crippen LogP contribution in [0, 0.1) is 17.1 Å². The van der Waals surface area contributed by atoms with Crippen molar-refractivity contribution >= 4 is 62.5 Å². The van der Waals surface area contributed by atoms with Crippen molar-refractivity contribution in [2.24, 2.45) is 0 Å². The maximum Gasteiger partial charge on any atom is 0.269 e. The van der Waals surface area contributed by atoms with Crippen LogP contribution in [0.25, 0.3) is 0 Å². The lowest BCUT2D eigenvalue weighted by Crippen LogP contribution is -2.30. The number of rotatable bonds is 5. The first-order chi connectivity index (χ1) is 16.4. The molecule has 0 unspecified atom stereocenters. The summed E-state index contributed by atoms with van der Waals surface area (Å²) in [4.78, 5) is 27.8. The van der Waals surface area contributed by atoms with Gasteiger partial charge in [-0.1, -0.05) is 51.4 Å². The molecule has 0 bridgehead atoms. The molecule has 3 aromatic rings. The summed E-state index contributed by atoms with van der Waals surface area (Å²) in [5.74, 6) is -1.27. The van der Waals surface area contributed by atoms with Gasteiger partial charge in [-0.3, -0.25) is 14.5 Å². The maximum absolute atomic E-state index is 13.4. The second kappa shape index (κ2) is 10.4. The molecule has 4 rings (SSSR count). The number of nitrogens with one attached hydrogen (secondary N) is 1. The fraction of sp³-hybridized carbons (Fsp3) is 0.0800. The zero-order chi connectivity index (χ0) is 24.2. The normalized spacial score (nSPS) is 16.8. The number of benzene rings is 3. The zero-order valence-corrected chi connectivity index (χ0v) is 20.6. The molecule has 170 valence electrons. The highest BCUT2D eigenvalue weighted by Gasteiger charge is 2.40. The Morgan fingerprint density at radius 2 is 1.74 bits per heavy atom. The minimum absolute atomic E-state index is 0.183. The quantitative estimate of drug-likeness (QED) is 0.295. The van der Waals surface area contributed by atoms with Gasteiger partial charge >= 0.3 is 0 Å². The third-order valence-corrected chi connectivity index (χ3v) is 7.07. The molecule has 3 aromatic carbocycles. The van der Waals surface area contributed by atoms with E-state index in [0.717, 1.165) is 21.8 Å². The smallest absolute Gasteiger partial charge is 0.269 e. The minimum atomic E-state index is -0.624. The lowest BCUT2D eigenvalue weighted by Gasteiger charge is -2.19. The molecule has 1 aliphatic heterocycles. The highest BCUT2D eigenvalue weighted by Crippen LogP contribution is 2.42. The van der Waals surface area contributed by atoms with Gasteiger partial charge in [-0.25, -0.2) is 4.39 Å². The summed E-state index contributed by atoms with van der Waals surface area (Å²) in [6.45, 7) is 0. The Balaban J connectivity index is 1.71. The molecule has 0 aromatic heterocycles. The van der Waals surface area contributed by atoms with Crippen molar-refractivity contribution in [2.75, 3.05) is 10.2 Å². The molecule has 1 saturated heterocycles. The Bertz CT molecular complexity index is 1310. The van der Waals surface area contributed by atoms with E-state index >= 15 is 0 Å². The van der Waals surface area contributed by atoms with Crippen LogP contribution in [0.3, 0.4) is 0 Å². The molecule has 1 aliphatic rings. The number of carbonyl (C=O) groups excluding carboxylic acids is 2. The van der Waals surface area contributed by atoms with Gasteiger partial charge in [0.1, 0.15) is 22.5 Å². The molecule has 1 heterocycles. The molecule has 0 radical (unpaired) electrons. The van der Waals surface area contributed by atoms with Crippen molar-refractivity contribution in [1.29, 1.82) is 5.26 Å². The van der Waals surface area contributed by atoms with Crippen LogP contribution in [-0.2, 0) is 16.0 Å². The monoisotopic (exact) mass is 555 g/mol. The van der Waals surface area contributed by atoms with Crippen molar-refractivity contribution in [2.45, 2.75) is 11.7 Å². The average Bonchev–Trinajstić information content (AvgIpc) is 3.13. The summed E-state index contributed by atoms with van der Waals surface area (Å²) in [5, 5.41) is 12.7. The lowest BCUT2D eigenvalue weighted by atomic mass is 10.1. The van der Waals surface area contributed by atoms with E-state index < -0.39 is 11.2 Å². The van der Waals surface area contributed by atoms with Crippen molar-refractivity contribution in [3.63, 3.8) is 0 Å². The van der Waals surface area contributed by atoms with E-state index in [-0.39, 0.29) is 22.3 Å². The molecular weight excluding hydrogens is 541 g/mol. The Morgan fingerprint density at radius 3 is 2.35 bits per heavy atom. The van der Waals surface area contributed by atoms with E-state index in [1.165, 1.54) is 17.0 Å². The van der Waals surface area contributed by atoms with E-state index in [1.54, 1.807) is 60.7 Å². The number of hydrogen-bond donors (Lipinski definition) is 1. The molecule has 0 spiro atoms. The Hall–Kier alpha value is -3.12. The first-order valence-corrected chi connectivity index (χ1v) is 12.1. The molecular formula is C25H16BrClFN3O2S. The predicted molar refractivity (Wildman–Crippen MR) is 136 cm³/mol. The van der Waals surface area contributed by atoms with Crippen LogP contribution >= 0.6 is 39.3 Å². The van der Waals surface area contributed by atoms with Gasteiger partial charge in [-0.2, -0.15) is 5.26 Å². The van der Waals surface area contributed by atoms with Gasteiger partial charge in [-0.05, 0) is 72.6 Å². The number of nitriles is 1. The lowest BCUT2D eigenvalue weighted by molar-refractivity contribution is -0.117. The first kappa shape index (κ1) is 24.0. The molecule has 5 nitrogen and oxygen atoms in total. The number of nitrogens with zero attached hydrogens (tertiary/aromatic N) is 2. The fourth-order valence-electron chi connectivity index (χ4n) is 3.37. The van der Waals surface area contributed by atoms with E-state index in [2.05, 4.69) is 21.2 Å². The summed E-state index contributed by atoms with van der Waals surface area (Å²) in [6.07, 6.45) is 0.310. The Labute approximate surface area is 213 Å². The molecule has 34 heavy (non-hydrogen) atoms. The van der Waals surface area contributed by atoms with Crippen LogP contribution in [0.4, 0.5) is 15.8 Å². The number of anilines is 2. The van der Waals surface area contributed by atoms with Crippen molar-refractivity contribution in [1.82, 2.24) is 0 Å². The molecule has 1 N–H and O–H groups in total. The average molecular weight is 557 g/mol. The van der Waals surface area contributed by atoms with E-state index in [9.17, 15) is 19.2 Å². The van der Waals surface area contributed by atoms with Crippen molar-refractivity contribution in [3.05, 3.63) is 104 Å². The first-order valence-electron chi connectivity index (χ1n) is 10.1. The van der Waals surface area contributed by atoms with Crippen LogP contribution in [0.1, 0.15) is 5.56 Å². The molecule has 0 aliphatic carbocycles. The Kier molecular flexibility index (Phi) is 7.37. The van der Waals surface area contributed by atoms with Crippen molar-refractivity contribution < 1.29 is 14.0 Å². The van der Waals surface area contributed by atoms with Gasteiger partial charge in [0.25, 0.3) is 5.91 Å². The number of halogens is 3. The molecule has 0 saturated carbocycles. The second-order valence-corrected chi connectivity index (χ2v) is 9.88. The van der Waals surface area contributed by atoms with Crippen LogP contribution in [0.2, 0.25) is 5.02 Å². The number of thioether (sulfide) groups is 1. The van der Waals surface area contributed by atoms with Crippen molar-refractivity contribution in [3.8, 4) is 6.07 Å². The summed E-state index contributed by atoms with van der Waals surface area (Å²) in [5.41, 5.74) is 1.58. The standard InChI is InChI=1S/C25H16BrClFN3O2S/c26-16-3-9-19(10-4-16)30-23(32)21(14-29)25-31(20-11-5-17(27)6-12-20)24(33)22(34-25)13-15-1-7-18(28)8-2-15/h1-12,22H,13H2,(H,30,32)/b25-21-/t22-/m1/s1. The third-order valence-electron chi connectivity index (χ3n) is 5.03. The van der Waals surface area contributed by atoms with Crippen LogP contribution in [0.15, 0.2) is 87.9 Å². The maximum atomic E-state index is 13.4.